The van der Waals surface area contributed by atoms with Crippen molar-refractivity contribution in [3.05, 3.63) is 32.8 Å². The smallest absolute Gasteiger partial charge is 0.305 e. The van der Waals surface area contributed by atoms with Crippen molar-refractivity contribution in [3.63, 3.8) is 0 Å². The average molecular weight is 321 g/mol. The molecule has 2 rings (SSSR count). The van der Waals surface area contributed by atoms with E-state index in [2.05, 4.69) is 10.4 Å². The van der Waals surface area contributed by atoms with E-state index >= 15 is 0 Å². The third kappa shape index (κ3) is 3.36. The molecule has 0 atom stereocenters. The van der Waals surface area contributed by atoms with E-state index in [1.165, 1.54) is 0 Å². The number of hydrogen-bond acceptors (Lipinski definition) is 4. The van der Waals surface area contributed by atoms with Crippen LogP contribution in [0.1, 0.15) is 37.9 Å². The van der Waals surface area contributed by atoms with E-state index in [-0.39, 0.29) is 18.9 Å². The zero-order valence-electron chi connectivity index (χ0n) is 13.1. The molecule has 0 aliphatic rings. The van der Waals surface area contributed by atoms with Crippen LogP contribution in [0.25, 0.3) is 0 Å². The lowest BCUT2D eigenvalue weighted by Gasteiger charge is -2.06. The molecule has 0 spiro atoms. The van der Waals surface area contributed by atoms with Crippen LogP contribution in [0, 0.1) is 27.7 Å². The van der Waals surface area contributed by atoms with Crippen LogP contribution in [0.5, 0.6) is 0 Å². The Morgan fingerprint density at radius 3 is 2.55 bits per heavy atom. The highest BCUT2D eigenvalue weighted by molar-refractivity contribution is 7.12. The number of anilines is 1. The first-order chi connectivity index (χ1) is 10.3. The Hall–Kier alpha value is -2.15. The summed E-state index contributed by atoms with van der Waals surface area (Å²) in [5, 5.41) is 16.0. The quantitative estimate of drug-likeness (QED) is 0.887. The molecule has 0 saturated heterocycles. The molecule has 7 heteroatoms. The predicted molar refractivity (Wildman–Crippen MR) is 85.7 cm³/mol. The minimum atomic E-state index is -0.873. The van der Waals surface area contributed by atoms with E-state index in [1.807, 2.05) is 26.8 Å². The van der Waals surface area contributed by atoms with E-state index < -0.39 is 5.97 Å². The largest absolute Gasteiger partial charge is 0.481 e. The summed E-state index contributed by atoms with van der Waals surface area (Å²) in [6.45, 7) is 7.79. The first-order valence-corrected chi connectivity index (χ1v) is 7.75. The number of nitrogens with zero attached hydrogens (tertiary/aromatic N) is 2. The third-order valence-corrected chi connectivity index (χ3v) is 4.41. The minimum absolute atomic E-state index is 0.00181. The van der Waals surface area contributed by atoms with Gasteiger partial charge in [0.2, 0.25) is 0 Å². The summed E-state index contributed by atoms with van der Waals surface area (Å²) in [6.07, 6.45) is -0.00181. The number of aryl methyl sites for hydroxylation is 4. The van der Waals surface area contributed by atoms with Crippen LogP contribution in [-0.2, 0) is 11.3 Å². The molecule has 0 bridgehead atoms. The number of hydrogen-bond donors (Lipinski definition) is 2. The molecule has 22 heavy (non-hydrogen) atoms. The molecule has 118 valence electrons. The molecule has 2 heterocycles. The van der Waals surface area contributed by atoms with Crippen molar-refractivity contribution in [2.24, 2.45) is 0 Å². The number of carboxylic acid groups (broad SMARTS) is 1. The molecule has 0 unspecified atom stereocenters. The summed E-state index contributed by atoms with van der Waals surface area (Å²) >= 11 is 1.59. The fourth-order valence-electron chi connectivity index (χ4n) is 2.33. The monoisotopic (exact) mass is 321 g/mol. The van der Waals surface area contributed by atoms with Crippen molar-refractivity contribution >= 4 is 28.9 Å². The number of aromatic nitrogens is 2. The van der Waals surface area contributed by atoms with Crippen molar-refractivity contribution in [2.45, 2.75) is 40.7 Å². The van der Waals surface area contributed by atoms with E-state index in [0.29, 0.717) is 16.9 Å². The molecule has 2 N–H and O–H groups in total. The van der Waals surface area contributed by atoms with Gasteiger partial charge in [-0.3, -0.25) is 14.3 Å². The van der Waals surface area contributed by atoms with E-state index in [1.54, 1.807) is 22.9 Å². The van der Waals surface area contributed by atoms with Crippen LogP contribution in [0.2, 0.25) is 0 Å². The molecular weight excluding hydrogens is 302 g/mol. The number of carbonyl (C=O) groups excluding carboxylic acids is 1. The van der Waals surface area contributed by atoms with Gasteiger partial charge >= 0.3 is 5.97 Å². The van der Waals surface area contributed by atoms with Crippen LogP contribution in [-0.4, -0.2) is 26.8 Å². The first kappa shape index (κ1) is 16.2. The van der Waals surface area contributed by atoms with Gasteiger partial charge in [-0.25, -0.2) is 0 Å². The number of carboxylic acids is 1. The number of carbonyl (C=O) groups is 2. The van der Waals surface area contributed by atoms with E-state index in [9.17, 15) is 9.59 Å². The maximum absolute atomic E-state index is 12.4. The lowest BCUT2D eigenvalue weighted by Crippen LogP contribution is -2.13. The second-order valence-corrected chi connectivity index (χ2v) is 6.65. The maximum atomic E-state index is 12.4. The van der Waals surface area contributed by atoms with Crippen LogP contribution < -0.4 is 5.32 Å². The van der Waals surface area contributed by atoms with Gasteiger partial charge in [0.05, 0.1) is 35.6 Å². The molecule has 0 fully saturated rings. The van der Waals surface area contributed by atoms with E-state index in [4.69, 9.17) is 5.11 Å². The maximum Gasteiger partial charge on any atom is 0.305 e. The lowest BCUT2D eigenvalue weighted by molar-refractivity contribution is -0.137. The molecule has 0 aliphatic heterocycles. The van der Waals surface area contributed by atoms with Gasteiger partial charge in [0.25, 0.3) is 5.91 Å². The number of aliphatic carboxylic acids is 1. The summed E-state index contributed by atoms with van der Waals surface area (Å²) in [5.74, 6) is -1.03. The highest BCUT2D eigenvalue weighted by Crippen LogP contribution is 2.24. The molecule has 2 aromatic heterocycles. The van der Waals surface area contributed by atoms with E-state index in [0.717, 1.165) is 15.4 Å². The summed E-state index contributed by atoms with van der Waals surface area (Å²) in [4.78, 5) is 25.1. The Morgan fingerprint density at radius 2 is 2.00 bits per heavy atom. The van der Waals surface area contributed by atoms with Crippen molar-refractivity contribution in [2.75, 3.05) is 5.32 Å². The van der Waals surface area contributed by atoms with Gasteiger partial charge in [-0.2, -0.15) is 5.10 Å². The van der Waals surface area contributed by atoms with Gasteiger partial charge in [-0.15, -0.1) is 11.3 Å². The number of amides is 1. The summed E-state index contributed by atoms with van der Waals surface area (Å²) < 4.78 is 1.62. The van der Waals surface area contributed by atoms with Gasteiger partial charge < -0.3 is 10.4 Å². The highest BCUT2D eigenvalue weighted by Gasteiger charge is 2.17. The fourth-order valence-corrected chi connectivity index (χ4v) is 3.26. The van der Waals surface area contributed by atoms with Crippen LogP contribution >= 0.6 is 11.3 Å². The zero-order chi connectivity index (χ0) is 16.4. The Balaban J connectivity index is 2.21. The summed E-state index contributed by atoms with van der Waals surface area (Å²) in [7, 11) is 0. The Labute approximate surface area is 132 Å². The second kappa shape index (κ2) is 6.31. The van der Waals surface area contributed by atoms with Crippen LogP contribution in [0.15, 0.2) is 6.07 Å². The Morgan fingerprint density at radius 1 is 1.32 bits per heavy atom. The molecule has 0 saturated carbocycles. The normalized spacial score (nSPS) is 10.7. The van der Waals surface area contributed by atoms with Gasteiger partial charge in [0, 0.05) is 9.75 Å². The SMILES string of the molecule is Cc1cc(C(=O)Nc2c(C)nn(CCC(=O)O)c2C)c(C)s1. The summed E-state index contributed by atoms with van der Waals surface area (Å²) in [6, 6.07) is 1.87. The van der Waals surface area contributed by atoms with Crippen molar-refractivity contribution in [1.82, 2.24) is 9.78 Å². The van der Waals surface area contributed by atoms with Crippen molar-refractivity contribution in [1.29, 1.82) is 0 Å². The fraction of sp³-hybridized carbons (Fsp3) is 0.400. The van der Waals surface area contributed by atoms with Crippen LogP contribution in [0.4, 0.5) is 5.69 Å². The van der Waals surface area contributed by atoms with Gasteiger partial charge in [-0.1, -0.05) is 0 Å². The predicted octanol–water partition coefficient (Wildman–Crippen LogP) is 2.91. The van der Waals surface area contributed by atoms with Gasteiger partial charge in [0.15, 0.2) is 0 Å². The van der Waals surface area contributed by atoms with Crippen molar-refractivity contribution < 1.29 is 14.7 Å². The van der Waals surface area contributed by atoms with Crippen LogP contribution in [0.3, 0.4) is 0 Å². The highest BCUT2D eigenvalue weighted by atomic mass is 32.1. The molecule has 0 radical (unpaired) electrons. The summed E-state index contributed by atoms with van der Waals surface area (Å²) in [5.41, 5.74) is 2.76. The second-order valence-electron chi connectivity index (χ2n) is 5.19. The lowest BCUT2D eigenvalue weighted by atomic mass is 10.2. The number of thiophene rings is 1. The Kier molecular flexibility index (Phi) is 4.65. The number of rotatable bonds is 5. The molecule has 2 aromatic rings. The molecule has 6 nitrogen and oxygen atoms in total. The first-order valence-electron chi connectivity index (χ1n) is 6.93. The minimum Gasteiger partial charge on any atom is -0.481 e. The average Bonchev–Trinajstić information content (AvgIpc) is 2.90. The third-order valence-electron chi connectivity index (χ3n) is 3.44. The van der Waals surface area contributed by atoms with Gasteiger partial charge in [0.1, 0.15) is 0 Å². The topological polar surface area (TPSA) is 84.2 Å². The molecule has 0 aromatic carbocycles. The van der Waals surface area contributed by atoms with Crippen molar-refractivity contribution in [3.8, 4) is 0 Å². The number of nitrogens with one attached hydrogen (secondary N) is 1. The molecule has 1 amide bonds. The molecular formula is C15H19N3O3S. The van der Waals surface area contributed by atoms with Gasteiger partial charge in [-0.05, 0) is 33.8 Å². The molecule has 0 aliphatic carbocycles. The standard InChI is InChI=1S/C15H19N3O3S/c1-8-7-12(11(4)22-8)15(21)16-14-9(2)17-18(10(14)3)6-5-13(19)20/h7H,5-6H2,1-4H3,(H,16,21)(H,19,20). The Bertz CT molecular complexity index is 731. The zero-order valence-corrected chi connectivity index (χ0v) is 13.9.